The number of allylic oxidation sites excluding steroid dienone is 1. The second kappa shape index (κ2) is 15.3. The predicted molar refractivity (Wildman–Crippen MR) is 110 cm³/mol. The molecule has 0 spiro atoms. The Balaban J connectivity index is 1.75. The van der Waals surface area contributed by atoms with E-state index in [1.807, 2.05) is 6.20 Å². The second-order valence-corrected chi connectivity index (χ2v) is 7.86. The van der Waals surface area contributed by atoms with Crippen molar-refractivity contribution < 1.29 is 4.74 Å². The van der Waals surface area contributed by atoms with Crippen molar-refractivity contribution in [1.29, 1.82) is 0 Å². The van der Waals surface area contributed by atoms with Crippen LogP contribution >= 0.6 is 0 Å². The van der Waals surface area contributed by atoms with E-state index in [1.165, 1.54) is 103 Å². The molecule has 0 fully saturated rings. The van der Waals surface area contributed by atoms with E-state index in [1.54, 1.807) is 0 Å². The molecule has 1 atom stereocenters. The Morgan fingerprint density at radius 1 is 0.800 bits per heavy atom. The first-order valence-electron chi connectivity index (χ1n) is 11.1. The summed E-state index contributed by atoms with van der Waals surface area (Å²) in [5.74, 6) is 2.22. The van der Waals surface area contributed by atoms with Crippen molar-refractivity contribution in [1.82, 2.24) is 5.32 Å². The fraction of sp³-hybridized carbons (Fsp3) is 0.826. The van der Waals surface area contributed by atoms with Crippen molar-refractivity contribution >= 4 is 0 Å². The molecule has 25 heavy (non-hydrogen) atoms. The van der Waals surface area contributed by atoms with Crippen LogP contribution in [0.2, 0.25) is 0 Å². The lowest BCUT2D eigenvalue weighted by Gasteiger charge is -2.11. The Kier molecular flexibility index (Phi) is 13.6. The van der Waals surface area contributed by atoms with Crippen LogP contribution in [0.3, 0.4) is 0 Å². The zero-order valence-corrected chi connectivity index (χ0v) is 17.1. The molecule has 1 rings (SSSR count). The third-order valence-corrected chi connectivity index (χ3v) is 5.34. The number of nitrogens with one attached hydrogen (secondary N) is 1. The number of ether oxygens (including phenoxy) is 1. The van der Waals surface area contributed by atoms with Gasteiger partial charge in [-0.2, -0.15) is 0 Å². The van der Waals surface area contributed by atoms with E-state index in [0.717, 1.165) is 5.76 Å². The molecule has 0 radical (unpaired) electrons. The van der Waals surface area contributed by atoms with Gasteiger partial charge in [0, 0.05) is 12.1 Å². The first kappa shape index (κ1) is 22.1. The summed E-state index contributed by atoms with van der Waals surface area (Å²) < 4.78 is 5.55. The summed E-state index contributed by atoms with van der Waals surface area (Å²) in [5, 5.41) is 3.03. The molecule has 0 saturated carbocycles. The van der Waals surface area contributed by atoms with Crippen molar-refractivity contribution in [2.75, 3.05) is 0 Å². The maximum atomic E-state index is 5.55. The number of rotatable bonds is 17. The van der Waals surface area contributed by atoms with E-state index in [-0.39, 0.29) is 0 Å². The highest BCUT2D eigenvalue weighted by atomic mass is 16.5. The van der Waals surface area contributed by atoms with Gasteiger partial charge >= 0.3 is 0 Å². The number of hydrogen-bond acceptors (Lipinski definition) is 2. The summed E-state index contributed by atoms with van der Waals surface area (Å²) in [5.41, 5.74) is 0. The van der Waals surface area contributed by atoms with E-state index < -0.39 is 0 Å². The molecule has 1 aliphatic rings. The van der Waals surface area contributed by atoms with Gasteiger partial charge in [-0.1, -0.05) is 110 Å². The van der Waals surface area contributed by atoms with Crippen LogP contribution in [-0.2, 0) is 4.74 Å². The molecule has 0 aliphatic carbocycles. The maximum Gasteiger partial charge on any atom is 0.189 e. The molecule has 0 amide bonds. The van der Waals surface area contributed by atoms with Gasteiger partial charge in [-0.15, -0.1) is 0 Å². The normalized spacial score (nSPS) is 15.0. The number of unbranched alkanes of at least 4 members (excludes halogenated alkanes) is 14. The van der Waals surface area contributed by atoms with Gasteiger partial charge < -0.3 is 10.1 Å². The minimum atomic E-state index is 0.508. The fourth-order valence-electron chi connectivity index (χ4n) is 3.56. The molecular formula is C23H43NO. The van der Waals surface area contributed by atoms with Gasteiger partial charge in [-0.3, -0.25) is 0 Å². The van der Waals surface area contributed by atoms with Crippen LogP contribution in [0.4, 0.5) is 0 Å². The van der Waals surface area contributed by atoms with Gasteiger partial charge in [0.25, 0.3) is 0 Å². The average Bonchev–Trinajstić information content (AvgIpc) is 3.04. The van der Waals surface area contributed by atoms with Crippen LogP contribution in [-0.4, -0.2) is 0 Å². The third-order valence-electron chi connectivity index (χ3n) is 5.34. The molecule has 1 heterocycles. The first-order valence-corrected chi connectivity index (χ1v) is 11.1. The summed E-state index contributed by atoms with van der Waals surface area (Å²) in [6.07, 6.45) is 24.5. The lowest BCUT2D eigenvalue weighted by molar-refractivity contribution is 0.266. The van der Waals surface area contributed by atoms with Crippen LogP contribution in [0.25, 0.3) is 0 Å². The molecule has 2 heteroatoms. The second-order valence-electron chi connectivity index (χ2n) is 7.86. The van der Waals surface area contributed by atoms with E-state index in [4.69, 9.17) is 4.74 Å². The monoisotopic (exact) mass is 349 g/mol. The fourth-order valence-corrected chi connectivity index (χ4v) is 3.56. The van der Waals surface area contributed by atoms with Crippen molar-refractivity contribution in [3.63, 3.8) is 0 Å². The third kappa shape index (κ3) is 12.1. The predicted octanol–water partition coefficient (Wildman–Crippen LogP) is 7.82. The van der Waals surface area contributed by atoms with E-state index in [9.17, 15) is 0 Å². The Bertz CT molecular complexity index is 361. The minimum absolute atomic E-state index is 0.508. The molecular weight excluding hydrogens is 306 g/mol. The highest BCUT2D eigenvalue weighted by Crippen LogP contribution is 2.24. The van der Waals surface area contributed by atoms with Crippen molar-refractivity contribution in [2.45, 2.75) is 117 Å². The zero-order chi connectivity index (χ0) is 18.2. The summed E-state index contributed by atoms with van der Waals surface area (Å²) in [6.45, 7) is 8.31. The molecule has 0 saturated heterocycles. The van der Waals surface area contributed by atoms with E-state index in [0.29, 0.717) is 11.8 Å². The van der Waals surface area contributed by atoms with E-state index in [2.05, 4.69) is 25.7 Å². The average molecular weight is 350 g/mol. The van der Waals surface area contributed by atoms with Crippen LogP contribution in [0.1, 0.15) is 117 Å². The molecule has 1 N–H and O–H groups in total. The Hall–Kier alpha value is -0.920. The highest BCUT2D eigenvalue weighted by Gasteiger charge is 2.15. The standard InChI is InChI=1S/C23H43NO/c1-4-5-6-7-8-9-10-11-12-13-14-15-16-17-18-19-21(2)23-20-24-22(3)25-23/h20-21,24H,3-19H2,1-2H3. The van der Waals surface area contributed by atoms with Crippen LogP contribution in [0, 0.1) is 5.92 Å². The SMILES string of the molecule is C=C1NC=C(C(C)CCCCCCCCCCCCCCCCC)O1. The Labute approximate surface area is 157 Å². The smallest absolute Gasteiger partial charge is 0.189 e. The summed E-state index contributed by atoms with van der Waals surface area (Å²) in [6, 6.07) is 0. The Morgan fingerprint density at radius 2 is 1.24 bits per heavy atom. The van der Waals surface area contributed by atoms with Crippen molar-refractivity contribution in [3.8, 4) is 0 Å². The molecule has 1 aliphatic heterocycles. The summed E-state index contributed by atoms with van der Waals surface area (Å²) in [7, 11) is 0. The van der Waals surface area contributed by atoms with Crippen LogP contribution in [0.5, 0.6) is 0 Å². The lowest BCUT2D eigenvalue weighted by Crippen LogP contribution is -1.99. The zero-order valence-electron chi connectivity index (χ0n) is 17.1. The Morgan fingerprint density at radius 3 is 1.64 bits per heavy atom. The molecule has 0 bridgehead atoms. The molecule has 0 aromatic heterocycles. The largest absolute Gasteiger partial charge is 0.444 e. The van der Waals surface area contributed by atoms with Gasteiger partial charge in [0.05, 0.1) is 0 Å². The molecule has 2 nitrogen and oxygen atoms in total. The van der Waals surface area contributed by atoms with Gasteiger partial charge in [0.1, 0.15) is 5.76 Å². The first-order chi connectivity index (χ1) is 12.2. The quantitative estimate of drug-likeness (QED) is 0.270. The number of hydrogen-bond donors (Lipinski definition) is 1. The molecule has 0 aromatic carbocycles. The summed E-state index contributed by atoms with van der Waals surface area (Å²) in [4.78, 5) is 0. The van der Waals surface area contributed by atoms with Gasteiger partial charge in [-0.05, 0) is 13.0 Å². The molecule has 0 aromatic rings. The van der Waals surface area contributed by atoms with Gasteiger partial charge in [0.15, 0.2) is 5.88 Å². The topological polar surface area (TPSA) is 21.3 Å². The molecule has 146 valence electrons. The van der Waals surface area contributed by atoms with Crippen molar-refractivity contribution in [2.24, 2.45) is 5.92 Å². The van der Waals surface area contributed by atoms with Crippen LogP contribution in [0.15, 0.2) is 24.4 Å². The maximum absolute atomic E-state index is 5.55. The van der Waals surface area contributed by atoms with Crippen LogP contribution < -0.4 is 5.32 Å². The molecule has 1 unspecified atom stereocenters. The highest BCUT2D eigenvalue weighted by molar-refractivity contribution is 5.09. The van der Waals surface area contributed by atoms with E-state index >= 15 is 0 Å². The minimum Gasteiger partial charge on any atom is -0.444 e. The summed E-state index contributed by atoms with van der Waals surface area (Å²) >= 11 is 0. The van der Waals surface area contributed by atoms with Gasteiger partial charge in [0.2, 0.25) is 0 Å². The van der Waals surface area contributed by atoms with Gasteiger partial charge in [-0.25, -0.2) is 0 Å². The lowest BCUT2D eigenvalue weighted by atomic mass is 10.00. The van der Waals surface area contributed by atoms with Crippen molar-refractivity contribution in [3.05, 3.63) is 24.4 Å².